The van der Waals surface area contributed by atoms with Crippen LogP contribution in [0.25, 0.3) is 0 Å². The van der Waals surface area contributed by atoms with Crippen molar-refractivity contribution in [3.63, 3.8) is 0 Å². The molecule has 3 saturated heterocycles. The highest BCUT2D eigenvalue weighted by atomic mass is 16.6. The first-order chi connectivity index (χ1) is 52.1. The van der Waals surface area contributed by atoms with E-state index >= 15 is 0 Å². The molecule has 1 unspecified atom stereocenters. The molecule has 17 nitrogen and oxygen atoms in total. The predicted octanol–water partition coefficient (Wildman–Crippen LogP) is 13.5. The van der Waals surface area contributed by atoms with Crippen molar-refractivity contribution in [1.82, 2.24) is 30.2 Å². The highest BCUT2D eigenvalue weighted by molar-refractivity contribution is 5.94. The minimum atomic E-state index is -1.42. The fourth-order valence-electron chi connectivity index (χ4n) is 15.6. The minimum absolute atomic E-state index is 0.0159. The number of carbonyl (C=O) groups is 8. The van der Waals surface area contributed by atoms with Gasteiger partial charge >= 0.3 is 18.0 Å². The third-order valence-electron chi connectivity index (χ3n) is 20.9. The van der Waals surface area contributed by atoms with E-state index in [4.69, 9.17) is 14.2 Å². The van der Waals surface area contributed by atoms with Crippen LogP contribution >= 0.6 is 0 Å². The number of hydrogen-bond acceptors (Lipinski definition) is 12. The molecule has 0 aromatic heterocycles. The minimum Gasteiger partial charge on any atom is -0.467 e. The van der Waals surface area contributed by atoms with Gasteiger partial charge in [-0.1, -0.05) is 287 Å². The Hall–Kier alpha value is -11.3. The lowest BCUT2D eigenvalue weighted by atomic mass is 9.77. The standard InChI is InChI=1S/C49H51N3O7.C41H45N3O4/c1-36-32-43(52(34-36)48(57)59-35-38-20-10-4-11-21-38)46(55)51(31-30-42(53)29-28-37-18-8-3-9-19-37)44(47(56)58-2)33-45(54)50-49(39-22-12-5-13-23-39,40-24-14-6-15-25-40)41-26-16-7-17-27-41;1-30-27-36-39(46)43(26-25-35(44(36)29-30)24-23-31-15-7-3-8-16-31)37(40(47)48-2)28-38(45)42-41(32-17-9-4-10-18-32,33-19-11-5-12-20-33)34-21-13-6-14-22-34/h3-27,36,43-44H,28-35H2,1-2H3,(H,50,54);3-22,30,35-37H,23-29H2,1-2H3,(H,42,45)/t36-,43+,44-;30-,35?,36+,37-/m11/s1. The molecule has 0 radical (unpaired) electrons. The summed E-state index contributed by atoms with van der Waals surface area (Å²) in [6.07, 6.45) is 2.89. The lowest BCUT2D eigenvalue weighted by Crippen LogP contribution is -2.56. The Morgan fingerprint density at radius 3 is 1.33 bits per heavy atom. The largest absolute Gasteiger partial charge is 0.467 e. The van der Waals surface area contributed by atoms with Crippen LogP contribution in [0.5, 0.6) is 0 Å². The van der Waals surface area contributed by atoms with Crippen LogP contribution in [0.1, 0.15) is 115 Å². The van der Waals surface area contributed by atoms with E-state index in [0.29, 0.717) is 25.3 Å². The molecule has 9 aromatic rings. The highest BCUT2D eigenvalue weighted by Gasteiger charge is 2.49. The second kappa shape index (κ2) is 37.1. The van der Waals surface area contributed by atoms with Gasteiger partial charge in [0.2, 0.25) is 23.6 Å². The van der Waals surface area contributed by atoms with Gasteiger partial charge in [0.25, 0.3) is 0 Å². The molecule has 107 heavy (non-hydrogen) atoms. The van der Waals surface area contributed by atoms with E-state index in [1.165, 1.54) is 29.6 Å². The molecular weight excluding hydrogens is 1340 g/mol. The molecule has 9 aromatic carbocycles. The van der Waals surface area contributed by atoms with Crippen molar-refractivity contribution < 1.29 is 52.6 Å². The van der Waals surface area contributed by atoms with E-state index < -0.39 is 65.5 Å². The number of esters is 2. The molecular formula is C90H96N6O11. The number of rotatable bonds is 28. The maximum absolute atomic E-state index is 14.9. The Labute approximate surface area is 628 Å². The molecule has 7 atom stereocenters. The predicted molar refractivity (Wildman–Crippen MR) is 412 cm³/mol. The molecule has 3 aliphatic rings. The second-order valence-corrected chi connectivity index (χ2v) is 28.2. The van der Waals surface area contributed by atoms with Gasteiger partial charge in [-0.15, -0.1) is 0 Å². The van der Waals surface area contributed by atoms with Crippen LogP contribution in [0.2, 0.25) is 0 Å². The maximum Gasteiger partial charge on any atom is 0.410 e. The van der Waals surface area contributed by atoms with Gasteiger partial charge in [0.15, 0.2) is 0 Å². The van der Waals surface area contributed by atoms with Gasteiger partial charge in [-0.3, -0.25) is 33.8 Å². The molecule has 552 valence electrons. The van der Waals surface area contributed by atoms with Crippen molar-refractivity contribution in [2.24, 2.45) is 11.8 Å². The number of ketones is 1. The number of ether oxygens (including phenoxy) is 3. The zero-order valence-corrected chi connectivity index (χ0v) is 61.4. The van der Waals surface area contributed by atoms with Crippen molar-refractivity contribution in [2.75, 3.05) is 40.4 Å². The second-order valence-electron chi connectivity index (χ2n) is 28.2. The Bertz CT molecular complexity index is 4180. The number of likely N-dealkylation sites (tertiary alicyclic amines) is 1. The van der Waals surface area contributed by atoms with Gasteiger partial charge < -0.3 is 34.6 Å². The highest BCUT2D eigenvalue weighted by Crippen LogP contribution is 2.40. The van der Waals surface area contributed by atoms with Crippen molar-refractivity contribution in [3.05, 3.63) is 323 Å². The lowest BCUT2D eigenvalue weighted by Gasteiger charge is -2.38. The summed E-state index contributed by atoms with van der Waals surface area (Å²) in [5.41, 5.74) is 5.83. The van der Waals surface area contributed by atoms with Crippen LogP contribution in [-0.4, -0.2) is 138 Å². The number of amides is 5. The molecule has 0 bridgehead atoms. The topological polar surface area (TPSA) is 201 Å². The number of Topliss-reactive ketones (excluding diaryl/α,β-unsaturated/α-hetero) is 1. The molecule has 0 saturated carbocycles. The van der Waals surface area contributed by atoms with Crippen molar-refractivity contribution in [2.45, 2.75) is 126 Å². The number of nitrogens with zero attached hydrogens (tertiary/aromatic N) is 4. The van der Waals surface area contributed by atoms with Crippen LogP contribution in [0.3, 0.4) is 0 Å². The number of methoxy groups -OCH3 is 2. The summed E-state index contributed by atoms with van der Waals surface area (Å²) in [7, 11) is 2.53. The molecule has 5 amide bonds. The van der Waals surface area contributed by atoms with Crippen LogP contribution in [0.4, 0.5) is 4.79 Å². The first-order valence-electron chi connectivity index (χ1n) is 37.1. The molecule has 2 N–H and O–H groups in total. The quantitative estimate of drug-likeness (QED) is 0.0267. The number of fused-ring (bicyclic) bond motifs is 1. The summed E-state index contributed by atoms with van der Waals surface area (Å²) in [5.74, 6) is -2.76. The summed E-state index contributed by atoms with van der Waals surface area (Å²) < 4.78 is 16.2. The molecule has 0 spiro atoms. The van der Waals surface area contributed by atoms with Gasteiger partial charge in [0, 0.05) is 45.1 Å². The van der Waals surface area contributed by atoms with E-state index in [-0.39, 0.29) is 74.6 Å². The van der Waals surface area contributed by atoms with Crippen LogP contribution in [0, 0.1) is 11.8 Å². The summed E-state index contributed by atoms with van der Waals surface area (Å²) in [5, 5.41) is 6.65. The van der Waals surface area contributed by atoms with Gasteiger partial charge in [0.1, 0.15) is 41.6 Å². The molecule has 17 heteroatoms. The number of benzene rings is 9. The third kappa shape index (κ3) is 18.9. The Balaban J connectivity index is 0.000000218. The van der Waals surface area contributed by atoms with Crippen LogP contribution in [0.15, 0.2) is 273 Å². The Morgan fingerprint density at radius 1 is 0.486 bits per heavy atom. The fourth-order valence-corrected chi connectivity index (χ4v) is 15.6. The zero-order valence-electron chi connectivity index (χ0n) is 61.4. The number of hydrogen-bond donors (Lipinski definition) is 2. The lowest BCUT2D eigenvalue weighted by molar-refractivity contribution is -0.156. The monoisotopic (exact) mass is 1440 g/mol. The molecule has 0 aliphatic carbocycles. The number of carbonyl (C=O) groups excluding carboxylic acids is 8. The Kier molecular flexibility index (Phi) is 26.6. The van der Waals surface area contributed by atoms with Crippen LogP contribution < -0.4 is 10.6 Å². The van der Waals surface area contributed by atoms with E-state index in [1.807, 2.05) is 256 Å². The molecule has 3 heterocycles. The van der Waals surface area contributed by atoms with Gasteiger partial charge in [-0.05, 0) is 100 Å². The Morgan fingerprint density at radius 2 is 0.888 bits per heavy atom. The summed E-state index contributed by atoms with van der Waals surface area (Å²) in [6, 6.07) is 84.0. The summed E-state index contributed by atoms with van der Waals surface area (Å²) >= 11 is 0. The summed E-state index contributed by atoms with van der Waals surface area (Å²) in [4.78, 5) is 119. The first kappa shape index (κ1) is 76.8. The van der Waals surface area contributed by atoms with E-state index in [0.717, 1.165) is 76.7 Å². The van der Waals surface area contributed by atoms with Crippen LogP contribution in [-0.2, 0) is 78.3 Å². The maximum atomic E-state index is 14.9. The van der Waals surface area contributed by atoms with E-state index in [1.54, 1.807) is 4.90 Å². The number of aryl methyl sites for hydroxylation is 2. The van der Waals surface area contributed by atoms with Gasteiger partial charge in [0.05, 0.1) is 33.1 Å². The SMILES string of the molecule is COC(=O)[C@@H](CC(=O)NC(c1ccccc1)(c1ccccc1)c1ccccc1)N(CCC(=O)CCc1ccccc1)C(=O)[C@@H]1C[C@@H](C)CN1C(=O)OCc1ccccc1.COC(=O)[C@@H](CC(=O)NC(c1ccccc1)(c1ccccc1)c1ccccc1)N1CCC(CCc2ccccc2)N2C[C@H](C)C[C@H]2C1=O. The third-order valence-corrected chi connectivity index (χ3v) is 20.9. The van der Waals surface area contributed by atoms with E-state index in [9.17, 15) is 38.4 Å². The average Bonchev–Trinajstić information content (AvgIpc) is 1.28. The first-order valence-corrected chi connectivity index (χ1v) is 37.1. The fraction of sp³-hybridized carbons (Fsp3) is 0.311. The molecule has 3 aliphatic heterocycles. The summed E-state index contributed by atoms with van der Waals surface area (Å²) in [6.45, 7) is 5.45. The number of nitrogens with one attached hydrogen (secondary N) is 2. The molecule has 3 fully saturated rings. The van der Waals surface area contributed by atoms with Crippen molar-refractivity contribution >= 4 is 47.4 Å². The molecule has 12 rings (SSSR count). The average molecular weight is 1440 g/mol. The van der Waals surface area contributed by atoms with Crippen molar-refractivity contribution in [1.29, 1.82) is 0 Å². The zero-order chi connectivity index (χ0) is 75.1. The van der Waals surface area contributed by atoms with Crippen molar-refractivity contribution in [3.8, 4) is 0 Å². The van der Waals surface area contributed by atoms with Gasteiger partial charge in [-0.25, -0.2) is 14.4 Å². The van der Waals surface area contributed by atoms with Gasteiger partial charge in [-0.2, -0.15) is 0 Å². The van der Waals surface area contributed by atoms with E-state index in [2.05, 4.69) is 46.7 Å². The smallest absolute Gasteiger partial charge is 0.410 e. The normalized spacial score (nSPS) is 17.7.